The lowest BCUT2D eigenvalue weighted by Crippen LogP contribution is -2.27. The molecular weight excluding hydrogens is 281 g/mol. The Morgan fingerprint density at radius 1 is 1.30 bits per heavy atom. The molecule has 0 saturated heterocycles. The monoisotopic (exact) mass is 295 g/mol. The molecule has 1 aromatic carbocycles. The zero-order valence-electron chi connectivity index (χ0n) is 10.8. The van der Waals surface area contributed by atoms with Gasteiger partial charge in [-0.25, -0.2) is 17.8 Å². The summed E-state index contributed by atoms with van der Waals surface area (Å²) < 4.78 is 39.3. The molecule has 0 bridgehead atoms. The summed E-state index contributed by atoms with van der Waals surface area (Å²) in [6.45, 7) is -0.0670. The molecule has 0 aliphatic rings. The number of hydrogen-bond acceptors (Lipinski definition) is 4. The molecule has 0 saturated carbocycles. The first-order chi connectivity index (χ1) is 9.46. The van der Waals surface area contributed by atoms with Crippen molar-refractivity contribution in [2.45, 2.75) is 11.4 Å². The van der Waals surface area contributed by atoms with Crippen molar-refractivity contribution < 1.29 is 12.8 Å². The summed E-state index contributed by atoms with van der Waals surface area (Å²) in [5.74, 6) is -0.238. The SMILES string of the molecule is CN(c1ccccn1)S(=O)(=O)c1ccc(F)c(CN)c1. The van der Waals surface area contributed by atoms with Gasteiger partial charge in [0.1, 0.15) is 11.6 Å². The summed E-state index contributed by atoms with van der Waals surface area (Å²) in [5.41, 5.74) is 5.54. The normalized spacial score (nSPS) is 11.3. The maximum atomic E-state index is 13.4. The van der Waals surface area contributed by atoms with Crippen molar-refractivity contribution >= 4 is 15.8 Å². The van der Waals surface area contributed by atoms with Crippen LogP contribution < -0.4 is 10.0 Å². The van der Waals surface area contributed by atoms with Gasteiger partial charge in [-0.3, -0.25) is 4.31 Å². The largest absolute Gasteiger partial charge is 0.326 e. The first-order valence-corrected chi connectivity index (χ1v) is 7.29. The van der Waals surface area contributed by atoms with Crippen LogP contribution in [-0.2, 0) is 16.6 Å². The molecule has 0 fully saturated rings. The van der Waals surface area contributed by atoms with Gasteiger partial charge in [-0.2, -0.15) is 0 Å². The van der Waals surface area contributed by atoms with Gasteiger partial charge in [0.2, 0.25) is 0 Å². The van der Waals surface area contributed by atoms with E-state index in [9.17, 15) is 12.8 Å². The molecule has 0 spiro atoms. The number of rotatable bonds is 4. The first-order valence-electron chi connectivity index (χ1n) is 5.85. The second kappa shape index (κ2) is 5.56. The Morgan fingerprint density at radius 3 is 2.65 bits per heavy atom. The Balaban J connectivity index is 2.45. The summed E-state index contributed by atoms with van der Waals surface area (Å²) in [6.07, 6.45) is 1.50. The third kappa shape index (κ3) is 2.63. The molecule has 1 aromatic heterocycles. The van der Waals surface area contributed by atoms with Crippen molar-refractivity contribution in [2.24, 2.45) is 5.73 Å². The van der Waals surface area contributed by atoms with E-state index in [0.29, 0.717) is 0 Å². The number of pyridine rings is 1. The molecule has 2 aromatic rings. The van der Waals surface area contributed by atoms with Gasteiger partial charge >= 0.3 is 0 Å². The van der Waals surface area contributed by atoms with Crippen LogP contribution >= 0.6 is 0 Å². The quantitative estimate of drug-likeness (QED) is 0.927. The molecule has 1 heterocycles. The zero-order chi connectivity index (χ0) is 14.8. The highest BCUT2D eigenvalue weighted by molar-refractivity contribution is 7.92. The van der Waals surface area contributed by atoms with Gasteiger partial charge in [-0.15, -0.1) is 0 Å². The number of benzene rings is 1. The Kier molecular flexibility index (Phi) is 4.01. The van der Waals surface area contributed by atoms with E-state index in [1.165, 1.54) is 25.4 Å². The van der Waals surface area contributed by atoms with Crippen LogP contribution in [0.1, 0.15) is 5.56 Å². The van der Waals surface area contributed by atoms with Crippen molar-refractivity contribution in [3.8, 4) is 0 Å². The van der Waals surface area contributed by atoms with Crippen LogP contribution in [0.15, 0.2) is 47.5 Å². The van der Waals surface area contributed by atoms with Crippen molar-refractivity contribution in [3.63, 3.8) is 0 Å². The van der Waals surface area contributed by atoms with Gasteiger partial charge in [0.05, 0.1) is 4.90 Å². The highest BCUT2D eigenvalue weighted by atomic mass is 32.2. The number of sulfonamides is 1. The second-order valence-corrected chi connectivity index (χ2v) is 6.09. The Morgan fingerprint density at radius 2 is 2.05 bits per heavy atom. The lowest BCUT2D eigenvalue weighted by atomic mass is 10.2. The highest BCUT2D eigenvalue weighted by Gasteiger charge is 2.22. The summed E-state index contributed by atoms with van der Waals surface area (Å²) >= 11 is 0. The summed E-state index contributed by atoms with van der Waals surface area (Å²) in [5, 5.41) is 0. The molecular formula is C13H14FN3O2S. The summed E-state index contributed by atoms with van der Waals surface area (Å²) in [4.78, 5) is 3.96. The minimum absolute atomic E-state index is 0.0208. The van der Waals surface area contributed by atoms with E-state index in [1.807, 2.05) is 0 Å². The van der Waals surface area contributed by atoms with E-state index >= 15 is 0 Å². The van der Waals surface area contributed by atoms with E-state index < -0.39 is 15.8 Å². The number of halogens is 1. The van der Waals surface area contributed by atoms with Crippen molar-refractivity contribution in [2.75, 3.05) is 11.4 Å². The fourth-order valence-corrected chi connectivity index (χ4v) is 2.89. The zero-order valence-corrected chi connectivity index (χ0v) is 11.6. The van der Waals surface area contributed by atoms with Gasteiger partial charge < -0.3 is 5.73 Å². The molecule has 0 radical (unpaired) electrons. The van der Waals surface area contributed by atoms with Gasteiger partial charge in [0, 0.05) is 25.4 Å². The maximum absolute atomic E-state index is 13.4. The lowest BCUT2D eigenvalue weighted by molar-refractivity contribution is 0.590. The standard InChI is InChI=1S/C13H14FN3O2S/c1-17(13-4-2-3-7-16-13)20(18,19)11-5-6-12(14)10(8-11)9-15/h2-8H,9,15H2,1H3. The average molecular weight is 295 g/mol. The molecule has 20 heavy (non-hydrogen) atoms. The molecule has 0 unspecified atom stereocenters. The van der Waals surface area contributed by atoms with Crippen LogP contribution in [0.25, 0.3) is 0 Å². The second-order valence-electron chi connectivity index (χ2n) is 4.12. The summed E-state index contributed by atoms with van der Waals surface area (Å²) in [7, 11) is -2.40. The number of anilines is 1. The predicted octanol–water partition coefficient (Wildman–Crippen LogP) is 1.50. The molecule has 2 rings (SSSR count). The van der Waals surface area contributed by atoms with Crippen LogP contribution in [0.4, 0.5) is 10.2 Å². The lowest BCUT2D eigenvalue weighted by Gasteiger charge is -2.18. The Bertz CT molecular complexity index is 705. The molecule has 0 atom stereocenters. The minimum atomic E-state index is -3.79. The van der Waals surface area contributed by atoms with Crippen LogP contribution in [0.5, 0.6) is 0 Å². The smallest absolute Gasteiger partial charge is 0.265 e. The fourth-order valence-electron chi connectivity index (χ4n) is 1.69. The highest BCUT2D eigenvalue weighted by Crippen LogP contribution is 2.21. The van der Waals surface area contributed by atoms with Gasteiger partial charge in [-0.1, -0.05) is 6.07 Å². The molecule has 0 aliphatic carbocycles. The number of nitrogens with zero attached hydrogens (tertiary/aromatic N) is 2. The molecule has 106 valence electrons. The van der Waals surface area contributed by atoms with E-state index in [4.69, 9.17) is 5.73 Å². The molecule has 5 nitrogen and oxygen atoms in total. The topological polar surface area (TPSA) is 76.3 Å². The predicted molar refractivity (Wildman–Crippen MR) is 74.1 cm³/mol. The third-order valence-electron chi connectivity index (χ3n) is 2.87. The molecule has 2 N–H and O–H groups in total. The summed E-state index contributed by atoms with van der Waals surface area (Å²) in [6, 6.07) is 8.50. The van der Waals surface area contributed by atoms with Crippen LogP contribution in [0.2, 0.25) is 0 Å². The van der Waals surface area contributed by atoms with Crippen LogP contribution in [0.3, 0.4) is 0 Å². The van der Waals surface area contributed by atoms with Crippen LogP contribution in [-0.4, -0.2) is 20.4 Å². The van der Waals surface area contributed by atoms with E-state index in [2.05, 4.69) is 4.98 Å². The van der Waals surface area contributed by atoms with Crippen LogP contribution in [0, 0.1) is 5.82 Å². The van der Waals surface area contributed by atoms with Crippen molar-refractivity contribution in [3.05, 3.63) is 54.0 Å². The van der Waals surface area contributed by atoms with E-state index in [1.54, 1.807) is 18.2 Å². The van der Waals surface area contributed by atoms with Gasteiger partial charge in [-0.05, 0) is 30.3 Å². The minimum Gasteiger partial charge on any atom is -0.326 e. The first kappa shape index (κ1) is 14.4. The van der Waals surface area contributed by atoms with E-state index in [0.717, 1.165) is 10.4 Å². The van der Waals surface area contributed by atoms with Gasteiger partial charge in [0.15, 0.2) is 0 Å². The fraction of sp³-hybridized carbons (Fsp3) is 0.154. The van der Waals surface area contributed by atoms with Gasteiger partial charge in [0.25, 0.3) is 10.0 Å². The van der Waals surface area contributed by atoms with Crippen molar-refractivity contribution in [1.82, 2.24) is 4.98 Å². The molecule has 0 amide bonds. The number of hydrogen-bond donors (Lipinski definition) is 1. The molecule has 0 aliphatic heterocycles. The van der Waals surface area contributed by atoms with E-state index in [-0.39, 0.29) is 22.8 Å². The van der Waals surface area contributed by atoms with Crippen molar-refractivity contribution in [1.29, 1.82) is 0 Å². The third-order valence-corrected chi connectivity index (χ3v) is 4.63. The Hall–Kier alpha value is -1.99. The maximum Gasteiger partial charge on any atom is 0.265 e. The molecule has 7 heteroatoms. The Labute approximate surface area is 116 Å². The number of aromatic nitrogens is 1. The average Bonchev–Trinajstić information content (AvgIpc) is 2.47. The number of nitrogens with two attached hydrogens (primary N) is 1.